The molecule has 0 atom stereocenters. The van der Waals surface area contributed by atoms with Crippen LogP contribution in [0.2, 0.25) is 0 Å². The highest BCUT2D eigenvalue weighted by molar-refractivity contribution is 5.65. The van der Waals surface area contributed by atoms with Crippen molar-refractivity contribution in [3.8, 4) is 5.75 Å². The van der Waals surface area contributed by atoms with E-state index in [2.05, 4.69) is 45.2 Å². The van der Waals surface area contributed by atoms with E-state index >= 15 is 0 Å². The van der Waals surface area contributed by atoms with Gasteiger partial charge in [-0.3, -0.25) is 4.90 Å². The number of hydrogen-bond acceptors (Lipinski definition) is 5. The van der Waals surface area contributed by atoms with Crippen LogP contribution in [0, 0.1) is 13.8 Å². The maximum atomic E-state index is 9.90. The van der Waals surface area contributed by atoms with Gasteiger partial charge in [-0.25, -0.2) is 4.98 Å². The molecule has 1 aromatic carbocycles. The second-order valence-electron chi connectivity index (χ2n) is 7.77. The van der Waals surface area contributed by atoms with Gasteiger partial charge in [-0.05, 0) is 75.4 Å². The zero-order valence-electron chi connectivity index (χ0n) is 17.5. The summed E-state index contributed by atoms with van der Waals surface area (Å²) in [5.41, 5.74) is 4.44. The maximum Gasteiger partial charge on any atom is 0.152 e. The monoisotopic (exact) mass is 382 g/mol. The molecule has 1 fully saturated rings. The van der Waals surface area contributed by atoms with E-state index in [1.165, 1.54) is 18.4 Å². The van der Waals surface area contributed by atoms with E-state index in [1.54, 1.807) is 0 Å². The van der Waals surface area contributed by atoms with Crippen LogP contribution in [0.4, 0.5) is 11.5 Å². The number of piperazine rings is 1. The second-order valence-corrected chi connectivity index (χ2v) is 7.77. The number of hydrogen-bond donors (Lipinski definition) is 2. The largest absolute Gasteiger partial charge is 0.507 e. The number of rotatable bonds is 8. The van der Waals surface area contributed by atoms with Crippen LogP contribution in [0.3, 0.4) is 0 Å². The molecule has 2 N–H and O–H groups in total. The second kappa shape index (κ2) is 9.78. The highest BCUT2D eigenvalue weighted by Gasteiger charge is 2.19. The highest BCUT2D eigenvalue weighted by Crippen LogP contribution is 2.25. The molecule has 2 heterocycles. The van der Waals surface area contributed by atoms with Gasteiger partial charge in [-0.2, -0.15) is 0 Å². The first kappa shape index (κ1) is 20.5. The molecule has 0 bridgehead atoms. The lowest BCUT2D eigenvalue weighted by atomic mass is 10.0. The minimum atomic E-state index is 0.437. The fourth-order valence-corrected chi connectivity index (χ4v) is 4.02. The summed E-state index contributed by atoms with van der Waals surface area (Å²) in [4.78, 5) is 9.57. The Morgan fingerprint density at radius 2 is 1.79 bits per heavy atom. The van der Waals surface area contributed by atoms with Crippen LogP contribution < -0.4 is 10.2 Å². The first-order valence-corrected chi connectivity index (χ1v) is 10.5. The number of pyridine rings is 1. The van der Waals surface area contributed by atoms with E-state index in [0.29, 0.717) is 5.75 Å². The fourth-order valence-electron chi connectivity index (χ4n) is 4.02. The Kier molecular flexibility index (Phi) is 7.15. The zero-order valence-corrected chi connectivity index (χ0v) is 17.5. The van der Waals surface area contributed by atoms with Gasteiger partial charge in [0.15, 0.2) is 5.82 Å². The molecule has 0 amide bonds. The van der Waals surface area contributed by atoms with Gasteiger partial charge in [0, 0.05) is 38.9 Å². The van der Waals surface area contributed by atoms with Crippen LogP contribution in [0.1, 0.15) is 36.5 Å². The van der Waals surface area contributed by atoms with Crippen molar-refractivity contribution in [3.63, 3.8) is 0 Å². The summed E-state index contributed by atoms with van der Waals surface area (Å²) in [6.45, 7) is 12.4. The number of unbranched alkanes of at least 4 members (excludes halogenated alkanes) is 1. The van der Waals surface area contributed by atoms with E-state index in [0.717, 1.165) is 68.3 Å². The summed E-state index contributed by atoms with van der Waals surface area (Å²) in [6.07, 6.45) is 5.37. The first-order chi connectivity index (χ1) is 13.6. The Bertz CT molecular complexity index is 746. The van der Waals surface area contributed by atoms with E-state index < -0.39 is 0 Å². The van der Waals surface area contributed by atoms with Crippen molar-refractivity contribution in [1.29, 1.82) is 0 Å². The molecule has 28 heavy (non-hydrogen) atoms. The van der Waals surface area contributed by atoms with E-state index in [4.69, 9.17) is 0 Å². The topological polar surface area (TPSA) is 51.6 Å². The Morgan fingerprint density at radius 1 is 1.07 bits per heavy atom. The van der Waals surface area contributed by atoms with Crippen molar-refractivity contribution in [2.24, 2.45) is 0 Å². The van der Waals surface area contributed by atoms with Crippen molar-refractivity contribution >= 4 is 11.5 Å². The maximum absolute atomic E-state index is 9.90. The number of phenolic OH excluding ortho intramolecular Hbond substituents is 1. The molecule has 0 unspecified atom stereocenters. The lowest BCUT2D eigenvalue weighted by Crippen LogP contribution is -2.47. The van der Waals surface area contributed by atoms with Crippen LogP contribution in [0.15, 0.2) is 30.5 Å². The highest BCUT2D eigenvalue weighted by atomic mass is 16.3. The lowest BCUT2D eigenvalue weighted by molar-refractivity contribution is 0.252. The van der Waals surface area contributed by atoms with Gasteiger partial charge < -0.3 is 15.3 Å². The average Bonchev–Trinajstić information content (AvgIpc) is 2.70. The van der Waals surface area contributed by atoms with Crippen LogP contribution >= 0.6 is 0 Å². The number of nitrogens with one attached hydrogen (secondary N) is 1. The lowest BCUT2D eigenvalue weighted by Gasteiger charge is -2.36. The zero-order chi connectivity index (χ0) is 19.9. The summed E-state index contributed by atoms with van der Waals surface area (Å²) in [5, 5.41) is 13.3. The van der Waals surface area contributed by atoms with E-state index in [9.17, 15) is 5.11 Å². The van der Waals surface area contributed by atoms with Gasteiger partial charge in [0.25, 0.3) is 0 Å². The fraction of sp³-hybridized carbons (Fsp3) is 0.522. The molecule has 152 valence electrons. The van der Waals surface area contributed by atoms with Gasteiger partial charge >= 0.3 is 0 Å². The van der Waals surface area contributed by atoms with E-state index in [1.807, 2.05) is 26.1 Å². The molecular weight excluding hydrogens is 348 g/mol. The third-order valence-electron chi connectivity index (χ3n) is 5.57. The van der Waals surface area contributed by atoms with Gasteiger partial charge in [0.2, 0.25) is 0 Å². The molecule has 1 aliphatic rings. The molecule has 0 radical (unpaired) electrons. The molecular formula is C23H34N4O. The molecule has 1 aromatic heterocycles. The summed E-state index contributed by atoms with van der Waals surface area (Å²) in [5.74, 6) is 1.52. The number of nitrogens with zero attached hydrogens (tertiary/aromatic N) is 3. The van der Waals surface area contributed by atoms with Gasteiger partial charge in [-0.1, -0.05) is 12.1 Å². The Labute approximate surface area is 169 Å². The predicted molar refractivity (Wildman–Crippen MR) is 118 cm³/mol. The molecule has 2 aromatic rings. The van der Waals surface area contributed by atoms with Crippen LogP contribution in [0.5, 0.6) is 5.75 Å². The average molecular weight is 383 g/mol. The molecule has 0 saturated carbocycles. The Hall–Kier alpha value is -2.27. The summed E-state index contributed by atoms with van der Waals surface area (Å²) >= 11 is 0. The third kappa shape index (κ3) is 5.16. The van der Waals surface area contributed by atoms with Crippen LogP contribution in [0.25, 0.3) is 0 Å². The van der Waals surface area contributed by atoms with Crippen LogP contribution in [-0.4, -0.2) is 54.3 Å². The van der Waals surface area contributed by atoms with Crippen LogP contribution in [-0.2, 0) is 6.42 Å². The Morgan fingerprint density at radius 3 is 2.46 bits per heavy atom. The van der Waals surface area contributed by atoms with Crippen molar-refractivity contribution in [1.82, 2.24) is 9.88 Å². The molecule has 5 heteroatoms. The quantitative estimate of drug-likeness (QED) is 0.677. The standard InChI is InChI=1S/C23H34N4O/c1-4-24-21-9-7-10-25-23(21)27-14-12-26(13-15-27)11-6-5-8-20-16-18(2)22(28)19(3)17-20/h7,9-10,16-17,24,28H,4-6,8,11-15H2,1-3H3. The molecule has 1 saturated heterocycles. The minimum Gasteiger partial charge on any atom is -0.507 e. The van der Waals surface area contributed by atoms with Gasteiger partial charge in [-0.15, -0.1) is 0 Å². The molecule has 0 aliphatic carbocycles. The predicted octanol–water partition coefficient (Wildman–Crippen LogP) is 3.98. The molecule has 0 spiro atoms. The number of aromatic hydroxyl groups is 1. The number of aromatic nitrogens is 1. The van der Waals surface area contributed by atoms with Crippen molar-refractivity contribution in [3.05, 3.63) is 47.2 Å². The summed E-state index contributed by atoms with van der Waals surface area (Å²) in [6, 6.07) is 8.35. The number of aryl methyl sites for hydroxylation is 3. The minimum absolute atomic E-state index is 0.437. The normalized spacial score (nSPS) is 15.0. The molecule has 3 rings (SSSR count). The smallest absolute Gasteiger partial charge is 0.152 e. The number of anilines is 2. The molecule has 1 aliphatic heterocycles. The number of benzene rings is 1. The first-order valence-electron chi connectivity index (χ1n) is 10.5. The third-order valence-corrected chi connectivity index (χ3v) is 5.57. The van der Waals surface area contributed by atoms with Crippen molar-refractivity contribution in [2.75, 3.05) is 49.5 Å². The van der Waals surface area contributed by atoms with E-state index in [-0.39, 0.29) is 0 Å². The van der Waals surface area contributed by atoms with Crippen molar-refractivity contribution in [2.45, 2.75) is 40.0 Å². The van der Waals surface area contributed by atoms with Gasteiger partial charge in [0.1, 0.15) is 5.75 Å². The van der Waals surface area contributed by atoms with Gasteiger partial charge in [0.05, 0.1) is 5.69 Å². The summed E-state index contributed by atoms with van der Waals surface area (Å²) in [7, 11) is 0. The number of phenols is 1. The summed E-state index contributed by atoms with van der Waals surface area (Å²) < 4.78 is 0. The molecule has 5 nitrogen and oxygen atoms in total. The Balaban J connectivity index is 1.42. The van der Waals surface area contributed by atoms with Crippen molar-refractivity contribution < 1.29 is 5.11 Å². The SMILES string of the molecule is CCNc1cccnc1N1CCN(CCCCc2cc(C)c(O)c(C)c2)CC1.